The number of aromatic amines is 1. The number of nitrogens with zero attached hydrogens (tertiary/aromatic N) is 3. The van der Waals surface area contributed by atoms with Crippen LogP contribution in [0.2, 0.25) is 0 Å². The molecule has 0 spiro atoms. The molecular weight excluding hydrogens is 252 g/mol. The Morgan fingerprint density at radius 3 is 2.65 bits per heavy atom. The van der Waals surface area contributed by atoms with Gasteiger partial charge in [-0.25, -0.2) is 0 Å². The molecule has 0 radical (unpaired) electrons. The Morgan fingerprint density at radius 1 is 1.25 bits per heavy atom. The number of hydrogen-bond donors (Lipinski definition) is 1. The van der Waals surface area contributed by atoms with E-state index in [1.54, 1.807) is 7.11 Å². The van der Waals surface area contributed by atoms with E-state index in [1.807, 2.05) is 12.1 Å². The summed E-state index contributed by atoms with van der Waals surface area (Å²) in [6, 6.07) is 8.25. The van der Waals surface area contributed by atoms with E-state index in [2.05, 4.69) is 45.8 Å². The van der Waals surface area contributed by atoms with Gasteiger partial charge in [-0.1, -0.05) is 30.3 Å². The lowest BCUT2D eigenvalue weighted by Gasteiger charge is -2.26. The smallest absolute Gasteiger partial charge is 0.178 e. The lowest BCUT2D eigenvalue weighted by atomic mass is 9.78. The fraction of sp³-hybridized carbons (Fsp3) is 0.400. The maximum absolute atomic E-state index is 5.20. The summed E-state index contributed by atoms with van der Waals surface area (Å²) in [7, 11) is 1.69. The first kappa shape index (κ1) is 12.8. The van der Waals surface area contributed by atoms with Gasteiger partial charge in [0.25, 0.3) is 0 Å². The minimum absolute atomic E-state index is 0.357. The van der Waals surface area contributed by atoms with E-state index in [1.165, 1.54) is 11.1 Å². The summed E-state index contributed by atoms with van der Waals surface area (Å²) in [5.74, 6) is 2.58. The first-order chi connectivity index (χ1) is 9.78. The number of methoxy groups -OCH3 is 1. The van der Waals surface area contributed by atoms with Gasteiger partial charge in [0.1, 0.15) is 5.75 Å². The molecule has 1 aromatic heterocycles. The monoisotopic (exact) mass is 270 g/mol. The Balaban J connectivity index is 1.79. The second-order valence-corrected chi connectivity index (χ2v) is 5.25. The fourth-order valence-electron chi connectivity index (χ4n) is 2.80. The van der Waals surface area contributed by atoms with E-state index in [-0.39, 0.29) is 0 Å². The highest BCUT2D eigenvalue weighted by Gasteiger charge is 2.27. The van der Waals surface area contributed by atoms with Crippen molar-refractivity contribution in [1.82, 2.24) is 20.6 Å². The molecule has 0 amide bonds. The first-order valence-corrected chi connectivity index (χ1v) is 6.84. The van der Waals surface area contributed by atoms with Crippen LogP contribution in [0.3, 0.4) is 0 Å². The molecule has 5 heteroatoms. The van der Waals surface area contributed by atoms with E-state index in [0.717, 1.165) is 24.4 Å². The quantitative estimate of drug-likeness (QED) is 0.931. The zero-order valence-electron chi connectivity index (χ0n) is 11.7. The van der Waals surface area contributed by atoms with Crippen molar-refractivity contribution in [2.75, 3.05) is 7.11 Å². The van der Waals surface area contributed by atoms with Crippen molar-refractivity contribution in [3.05, 3.63) is 41.7 Å². The molecule has 0 bridgehead atoms. The van der Waals surface area contributed by atoms with E-state index in [9.17, 15) is 0 Å². The van der Waals surface area contributed by atoms with Crippen LogP contribution in [0, 0.1) is 5.92 Å². The predicted octanol–water partition coefficient (Wildman–Crippen LogP) is 2.81. The Labute approximate surface area is 118 Å². The number of tetrazole rings is 1. The van der Waals surface area contributed by atoms with Crippen molar-refractivity contribution in [3.63, 3.8) is 0 Å². The molecule has 1 aromatic carbocycles. The third-order valence-electron chi connectivity index (χ3n) is 4.00. The van der Waals surface area contributed by atoms with Crippen LogP contribution in [-0.4, -0.2) is 27.7 Å². The molecule has 0 unspecified atom stereocenters. The number of nitrogens with one attached hydrogen (secondary N) is 1. The van der Waals surface area contributed by atoms with Crippen LogP contribution in [0.25, 0.3) is 5.57 Å². The summed E-state index contributed by atoms with van der Waals surface area (Å²) in [5.41, 5.74) is 2.66. The highest BCUT2D eigenvalue weighted by molar-refractivity contribution is 5.67. The maximum Gasteiger partial charge on any atom is 0.178 e. The number of H-pyrrole nitrogens is 1. The van der Waals surface area contributed by atoms with Crippen molar-refractivity contribution >= 4 is 5.57 Å². The third-order valence-corrected chi connectivity index (χ3v) is 4.00. The zero-order valence-corrected chi connectivity index (χ0v) is 11.7. The number of hydrogen-bond acceptors (Lipinski definition) is 4. The molecule has 1 aliphatic rings. The number of ether oxygens (including phenoxy) is 1. The van der Waals surface area contributed by atoms with Crippen LogP contribution >= 0.6 is 0 Å². The van der Waals surface area contributed by atoms with Crippen molar-refractivity contribution in [1.29, 1.82) is 0 Å². The van der Waals surface area contributed by atoms with Crippen LogP contribution in [0.4, 0.5) is 0 Å². The van der Waals surface area contributed by atoms with Gasteiger partial charge in [0.15, 0.2) is 5.82 Å². The number of benzene rings is 1. The molecule has 0 aliphatic heterocycles. The highest BCUT2D eigenvalue weighted by Crippen LogP contribution is 2.38. The van der Waals surface area contributed by atoms with Crippen LogP contribution in [0.15, 0.2) is 30.3 Å². The summed E-state index contributed by atoms with van der Waals surface area (Å²) in [6.07, 6.45) is 4.29. The minimum Gasteiger partial charge on any atom is -0.497 e. The van der Waals surface area contributed by atoms with Gasteiger partial charge >= 0.3 is 0 Å². The van der Waals surface area contributed by atoms with Crippen molar-refractivity contribution in [2.24, 2.45) is 5.92 Å². The normalized spacial score (nSPS) is 22.4. The number of aromatic nitrogens is 4. The molecule has 1 heterocycles. The van der Waals surface area contributed by atoms with E-state index < -0.39 is 0 Å². The van der Waals surface area contributed by atoms with E-state index in [4.69, 9.17) is 4.74 Å². The Hall–Kier alpha value is -2.17. The molecule has 1 aliphatic carbocycles. The number of allylic oxidation sites excluding steroid dienone is 2. The summed E-state index contributed by atoms with van der Waals surface area (Å²) in [4.78, 5) is 0. The average Bonchev–Trinajstić information content (AvgIpc) is 3.01. The predicted molar refractivity (Wildman–Crippen MR) is 76.3 cm³/mol. The van der Waals surface area contributed by atoms with Crippen molar-refractivity contribution in [2.45, 2.75) is 25.7 Å². The van der Waals surface area contributed by atoms with Crippen LogP contribution < -0.4 is 4.74 Å². The van der Waals surface area contributed by atoms with E-state index >= 15 is 0 Å². The second kappa shape index (κ2) is 5.45. The molecule has 5 nitrogen and oxygen atoms in total. The molecule has 2 atom stereocenters. The van der Waals surface area contributed by atoms with Crippen molar-refractivity contribution in [3.8, 4) is 5.75 Å². The van der Waals surface area contributed by atoms with Gasteiger partial charge in [-0.05, 0) is 42.0 Å². The third kappa shape index (κ3) is 2.43. The van der Waals surface area contributed by atoms with Gasteiger partial charge in [-0.3, -0.25) is 0 Å². The molecule has 3 rings (SSSR count). The lowest BCUT2D eigenvalue weighted by Crippen LogP contribution is -2.15. The molecule has 1 N–H and O–H groups in total. The van der Waals surface area contributed by atoms with Gasteiger partial charge in [0.05, 0.1) is 7.11 Å². The van der Waals surface area contributed by atoms with E-state index in [0.29, 0.717) is 11.8 Å². The zero-order chi connectivity index (χ0) is 13.9. The molecule has 0 saturated carbocycles. The SMILES string of the molecule is COc1ccc(C2=CC[C@@H](c3nn[nH]n3)[C@H](C)C2)cc1. The van der Waals surface area contributed by atoms with Gasteiger partial charge in [-0.2, -0.15) is 5.21 Å². The molecule has 0 saturated heterocycles. The minimum atomic E-state index is 0.357. The van der Waals surface area contributed by atoms with Crippen LogP contribution in [0.5, 0.6) is 5.75 Å². The second-order valence-electron chi connectivity index (χ2n) is 5.25. The highest BCUT2D eigenvalue weighted by atomic mass is 16.5. The molecular formula is C15H18N4O. The van der Waals surface area contributed by atoms with Gasteiger partial charge in [0.2, 0.25) is 0 Å². The fourth-order valence-corrected chi connectivity index (χ4v) is 2.80. The van der Waals surface area contributed by atoms with Gasteiger partial charge in [0, 0.05) is 5.92 Å². The molecule has 0 fully saturated rings. The summed E-state index contributed by atoms with van der Waals surface area (Å²) in [6.45, 7) is 2.25. The van der Waals surface area contributed by atoms with Crippen LogP contribution in [-0.2, 0) is 0 Å². The Bertz CT molecular complexity index is 589. The van der Waals surface area contributed by atoms with Gasteiger partial charge in [-0.15, -0.1) is 10.2 Å². The standard InChI is InChI=1S/C15H18N4O/c1-10-9-12(11-3-6-13(20-2)7-4-11)5-8-14(10)15-16-18-19-17-15/h3-7,10,14H,8-9H2,1-2H3,(H,16,17,18,19)/t10-,14-/m1/s1. The lowest BCUT2D eigenvalue weighted by molar-refractivity contribution is 0.414. The summed E-state index contributed by atoms with van der Waals surface area (Å²) in [5, 5.41) is 14.4. The number of rotatable bonds is 3. The summed E-state index contributed by atoms with van der Waals surface area (Å²) < 4.78 is 5.20. The Morgan fingerprint density at radius 2 is 2.05 bits per heavy atom. The summed E-state index contributed by atoms with van der Waals surface area (Å²) >= 11 is 0. The molecule has 104 valence electrons. The Kier molecular flexibility index (Phi) is 3.50. The maximum atomic E-state index is 5.20. The molecule has 20 heavy (non-hydrogen) atoms. The van der Waals surface area contributed by atoms with Gasteiger partial charge < -0.3 is 4.74 Å². The largest absolute Gasteiger partial charge is 0.497 e. The topological polar surface area (TPSA) is 63.7 Å². The molecule has 2 aromatic rings. The van der Waals surface area contributed by atoms with Crippen LogP contribution in [0.1, 0.15) is 37.1 Å². The average molecular weight is 270 g/mol. The van der Waals surface area contributed by atoms with Crippen molar-refractivity contribution < 1.29 is 4.74 Å². The first-order valence-electron chi connectivity index (χ1n) is 6.84.